The Morgan fingerprint density at radius 1 is 1.21 bits per heavy atom. The zero-order valence-electron chi connectivity index (χ0n) is 10.7. The van der Waals surface area contributed by atoms with Gasteiger partial charge in [0.1, 0.15) is 17.3 Å². The predicted molar refractivity (Wildman–Crippen MR) is 74.6 cm³/mol. The van der Waals surface area contributed by atoms with Crippen molar-refractivity contribution in [1.29, 1.82) is 5.41 Å². The first kappa shape index (κ1) is 13.1. The fourth-order valence-electron chi connectivity index (χ4n) is 1.85. The molecule has 4 nitrogen and oxygen atoms in total. The van der Waals surface area contributed by atoms with E-state index in [0.29, 0.717) is 17.1 Å². The van der Waals surface area contributed by atoms with E-state index in [-0.39, 0.29) is 12.4 Å². The molecule has 0 saturated carbocycles. The molecule has 0 bridgehead atoms. The molecule has 98 valence electrons. The first-order chi connectivity index (χ1) is 9.10. The van der Waals surface area contributed by atoms with Gasteiger partial charge in [-0.1, -0.05) is 12.1 Å². The zero-order chi connectivity index (χ0) is 13.8. The predicted octanol–water partition coefficient (Wildman–Crippen LogP) is 2.56. The standard InChI is InChI=1S/C15H16N2O2/c1-10-7-13(5-6-14(10)15(16)17)19-12-4-2-3-11(8-12)9-18/h2-8,18H,9H2,1H3,(H3,16,17). The Kier molecular flexibility index (Phi) is 3.82. The molecule has 4 N–H and O–H groups in total. The summed E-state index contributed by atoms with van der Waals surface area (Å²) in [6, 6.07) is 12.6. The first-order valence-corrected chi connectivity index (χ1v) is 5.93. The van der Waals surface area contributed by atoms with Crippen LogP contribution in [0.3, 0.4) is 0 Å². The average molecular weight is 256 g/mol. The van der Waals surface area contributed by atoms with Crippen molar-refractivity contribution < 1.29 is 9.84 Å². The average Bonchev–Trinajstić information content (AvgIpc) is 2.38. The first-order valence-electron chi connectivity index (χ1n) is 5.93. The van der Waals surface area contributed by atoms with Crippen LogP contribution in [0.5, 0.6) is 11.5 Å². The minimum Gasteiger partial charge on any atom is -0.457 e. The number of aryl methyl sites for hydroxylation is 1. The normalized spacial score (nSPS) is 10.2. The van der Waals surface area contributed by atoms with Gasteiger partial charge < -0.3 is 15.6 Å². The van der Waals surface area contributed by atoms with Gasteiger partial charge in [-0.15, -0.1) is 0 Å². The number of aliphatic hydroxyl groups excluding tert-OH is 1. The van der Waals surface area contributed by atoms with E-state index in [4.69, 9.17) is 21.0 Å². The highest BCUT2D eigenvalue weighted by molar-refractivity contribution is 5.96. The fourth-order valence-corrected chi connectivity index (χ4v) is 1.85. The van der Waals surface area contributed by atoms with E-state index in [1.165, 1.54) is 0 Å². The fraction of sp³-hybridized carbons (Fsp3) is 0.133. The van der Waals surface area contributed by atoms with Gasteiger partial charge in [0.2, 0.25) is 0 Å². The second-order valence-electron chi connectivity index (χ2n) is 4.30. The van der Waals surface area contributed by atoms with E-state index < -0.39 is 0 Å². The highest BCUT2D eigenvalue weighted by atomic mass is 16.5. The van der Waals surface area contributed by atoms with Crippen LogP contribution in [0.15, 0.2) is 42.5 Å². The molecule has 0 atom stereocenters. The second kappa shape index (κ2) is 5.54. The molecular weight excluding hydrogens is 240 g/mol. The number of benzene rings is 2. The summed E-state index contributed by atoms with van der Waals surface area (Å²) >= 11 is 0. The number of hydrogen-bond donors (Lipinski definition) is 3. The van der Waals surface area contributed by atoms with Crippen LogP contribution < -0.4 is 10.5 Å². The van der Waals surface area contributed by atoms with E-state index in [2.05, 4.69) is 0 Å². The highest BCUT2D eigenvalue weighted by Crippen LogP contribution is 2.24. The molecule has 0 aromatic heterocycles. The monoisotopic (exact) mass is 256 g/mol. The van der Waals surface area contributed by atoms with E-state index >= 15 is 0 Å². The summed E-state index contributed by atoms with van der Waals surface area (Å²) in [5.41, 5.74) is 7.87. The van der Waals surface area contributed by atoms with Crippen LogP contribution in [0.1, 0.15) is 16.7 Å². The third kappa shape index (κ3) is 3.11. The van der Waals surface area contributed by atoms with Crippen molar-refractivity contribution in [2.75, 3.05) is 0 Å². The molecule has 19 heavy (non-hydrogen) atoms. The molecule has 0 fully saturated rings. The summed E-state index contributed by atoms with van der Waals surface area (Å²) in [6.07, 6.45) is 0. The SMILES string of the molecule is Cc1cc(Oc2cccc(CO)c2)ccc1C(=N)N. The van der Waals surface area contributed by atoms with Crippen molar-refractivity contribution in [2.24, 2.45) is 5.73 Å². The van der Waals surface area contributed by atoms with Gasteiger partial charge >= 0.3 is 0 Å². The lowest BCUT2D eigenvalue weighted by atomic mass is 10.1. The lowest BCUT2D eigenvalue weighted by Gasteiger charge is -2.09. The van der Waals surface area contributed by atoms with Gasteiger partial charge in [0.25, 0.3) is 0 Å². The molecule has 0 aliphatic rings. The maximum absolute atomic E-state index is 9.08. The van der Waals surface area contributed by atoms with E-state index in [1.54, 1.807) is 18.2 Å². The van der Waals surface area contributed by atoms with Gasteiger partial charge in [-0.05, 0) is 48.4 Å². The summed E-state index contributed by atoms with van der Waals surface area (Å²) in [6.45, 7) is 1.87. The van der Waals surface area contributed by atoms with Crippen LogP contribution in [0, 0.1) is 12.3 Å². The summed E-state index contributed by atoms with van der Waals surface area (Å²) in [4.78, 5) is 0. The molecule has 0 aliphatic heterocycles. The highest BCUT2D eigenvalue weighted by Gasteiger charge is 2.04. The molecule has 0 heterocycles. The van der Waals surface area contributed by atoms with Gasteiger partial charge in [0.15, 0.2) is 0 Å². The van der Waals surface area contributed by atoms with Gasteiger partial charge in [0.05, 0.1) is 6.61 Å². The van der Waals surface area contributed by atoms with Crippen molar-refractivity contribution >= 4 is 5.84 Å². The quantitative estimate of drug-likeness (QED) is 0.581. The van der Waals surface area contributed by atoms with Crippen molar-refractivity contribution in [3.8, 4) is 11.5 Å². The Balaban J connectivity index is 2.23. The number of nitrogen functional groups attached to an aromatic ring is 1. The molecule has 2 aromatic carbocycles. The molecule has 0 spiro atoms. The molecule has 0 saturated heterocycles. The molecule has 2 rings (SSSR count). The van der Waals surface area contributed by atoms with Crippen LogP contribution in [-0.4, -0.2) is 10.9 Å². The third-order valence-electron chi connectivity index (χ3n) is 2.80. The Morgan fingerprint density at radius 2 is 1.95 bits per heavy atom. The summed E-state index contributed by atoms with van der Waals surface area (Å²) < 4.78 is 5.71. The Bertz CT molecular complexity index is 609. The number of rotatable bonds is 4. The van der Waals surface area contributed by atoms with Crippen LogP contribution in [0.4, 0.5) is 0 Å². The Hall–Kier alpha value is -2.33. The number of hydrogen-bond acceptors (Lipinski definition) is 3. The Morgan fingerprint density at radius 3 is 2.58 bits per heavy atom. The van der Waals surface area contributed by atoms with Crippen LogP contribution >= 0.6 is 0 Å². The van der Waals surface area contributed by atoms with Gasteiger partial charge in [-0.25, -0.2) is 0 Å². The summed E-state index contributed by atoms with van der Waals surface area (Å²) in [5, 5.41) is 16.5. The summed E-state index contributed by atoms with van der Waals surface area (Å²) in [7, 11) is 0. The Labute approximate surface area is 112 Å². The van der Waals surface area contributed by atoms with Crippen molar-refractivity contribution in [3.05, 3.63) is 59.2 Å². The van der Waals surface area contributed by atoms with Crippen LogP contribution in [-0.2, 0) is 6.61 Å². The van der Waals surface area contributed by atoms with Gasteiger partial charge in [-0.3, -0.25) is 5.41 Å². The minimum absolute atomic E-state index is 0.0144. The molecule has 0 amide bonds. The second-order valence-corrected chi connectivity index (χ2v) is 4.30. The number of aliphatic hydroxyl groups is 1. The van der Waals surface area contributed by atoms with Crippen LogP contribution in [0.2, 0.25) is 0 Å². The molecular formula is C15H16N2O2. The number of nitrogens with two attached hydrogens (primary N) is 1. The van der Waals surface area contributed by atoms with Crippen molar-refractivity contribution in [2.45, 2.75) is 13.5 Å². The van der Waals surface area contributed by atoms with E-state index in [9.17, 15) is 0 Å². The van der Waals surface area contributed by atoms with Gasteiger partial charge in [-0.2, -0.15) is 0 Å². The third-order valence-corrected chi connectivity index (χ3v) is 2.80. The lowest BCUT2D eigenvalue weighted by Crippen LogP contribution is -2.12. The molecule has 4 heteroatoms. The topological polar surface area (TPSA) is 79.3 Å². The molecule has 0 unspecified atom stereocenters. The zero-order valence-corrected chi connectivity index (χ0v) is 10.7. The smallest absolute Gasteiger partial charge is 0.127 e. The van der Waals surface area contributed by atoms with E-state index in [0.717, 1.165) is 11.1 Å². The van der Waals surface area contributed by atoms with Crippen LogP contribution in [0.25, 0.3) is 0 Å². The summed E-state index contributed by atoms with van der Waals surface area (Å²) in [5.74, 6) is 1.39. The maximum Gasteiger partial charge on any atom is 0.127 e. The van der Waals surface area contributed by atoms with Crippen molar-refractivity contribution in [1.82, 2.24) is 0 Å². The largest absolute Gasteiger partial charge is 0.457 e. The minimum atomic E-state index is -0.0144. The number of ether oxygens (including phenoxy) is 1. The van der Waals surface area contributed by atoms with Gasteiger partial charge in [0, 0.05) is 5.56 Å². The number of amidine groups is 1. The lowest BCUT2D eigenvalue weighted by molar-refractivity contribution is 0.281. The number of nitrogens with one attached hydrogen (secondary N) is 1. The maximum atomic E-state index is 9.08. The molecule has 2 aromatic rings. The molecule has 0 radical (unpaired) electrons. The molecule has 0 aliphatic carbocycles. The van der Waals surface area contributed by atoms with E-state index in [1.807, 2.05) is 31.2 Å². The van der Waals surface area contributed by atoms with Crippen molar-refractivity contribution in [3.63, 3.8) is 0 Å².